The number of hydrogen-bond acceptors (Lipinski definition) is 2. The zero-order valence-corrected chi connectivity index (χ0v) is 14.0. The van der Waals surface area contributed by atoms with Gasteiger partial charge in [0.15, 0.2) is 0 Å². The summed E-state index contributed by atoms with van der Waals surface area (Å²) in [6, 6.07) is 7.11. The van der Waals surface area contributed by atoms with Crippen LogP contribution < -0.4 is 0 Å². The van der Waals surface area contributed by atoms with Gasteiger partial charge in [0, 0.05) is 30.9 Å². The molecule has 1 aromatic heterocycles. The summed E-state index contributed by atoms with van der Waals surface area (Å²) in [4.78, 5) is 7.18. The Bertz CT molecular complexity index is 634. The van der Waals surface area contributed by atoms with Crippen LogP contribution in [0, 0.1) is 0 Å². The standard InChI is InChI=1S/C16H21Cl2N3/c1-11(20(2)12-6-7-12)10-21-15(8-9-17)19-14-5-3-4-13(18)16(14)21/h3-5,11-12H,6-10H2,1-2H3. The summed E-state index contributed by atoms with van der Waals surface area (Å²) in [6.07, 6.45) is 3.41. The van der Waals surface area contributed by atoms with Crippen molar-refractivity contribution in [2.75, 3.05) is 12.9 Å². The van der Waals surface area contributed by atoms with Gasteiger partial charge in [0.2, 0.25) is 0 Å². The van der Waals surface area contributed by atoms with Gasteiger partial charge in [-0.3, -0.25) is 4.90 Å². The minimum absolute atomic E-state index is 0.459. The zero-order valence-electron chi connectivity index (χ0n) is 12.5. The largest absolute Gasteiger partial charge is 0.325 e. The number of halogens is 2. The molecule has 1 fully saturated rings. The van der Waals surface area contributed by atoms with E-state index in [-0.39, 0.29) is 0 Å². The fourth-order valence-electron chi connectivity index (χ4n) is 2.90. The van der Waals surface area contributed by atoms with Gasteiger partial charge in [-0.15, -0.1) is 11.6 Å². The van der Waals surface area contributed by atoms with E-state index in [9.17, 15) is 0 Å². The molecule has 0 amide bonds. The lowest BCUT2D eigenvalue weighted by molar-refractivity contribution is 0.226. The molecule has 0 bridgehead atoms. The smallest absolute Gasteiger partial charge is 0.111 e. The quantitative estimate of drug-likeness (QED) is 0.750. The molecule has 1 unspecified atom stereocenters. The van der Waals surface area contributed by atoms with Gasteiger partial charge < -0.3 is 4.57 Å². The second-order valence-corrected chi connectivity index (χ2v) is 6.72. The first-order valence-corrected chi connectivity index (χ1v) is 8.44. The van der Waals surface area contributed by atoms with Crippen LogP contribution in [0.25, 0.3) is 11.0 Å². The van der Waals surface area contributed by atoms with Crippen LogP contribution in [0.15, 0.2) is 18.2 Å². The first-order chi connectivity index (χ1) is 10.1. The maximum atomic E-state index is 6.41. The van der Waals surface area contributed by atoms with Crippen molar-refractivity contribution in [1.29, 1.82) is 0 Å². The third-order valence-corrected chi connectivity index (χ3v) is 4.87. The van der Waals surface area contributed by atoms with E-state index in [1.54, 1.807) is 0 Å². The Hall–Kier alpha value is -0.770. The summed E-state index contributed by atoms with van der Waals surface area (Å²) < 4.78 is 2.25. The van der Waals surface area contributed by atoms with E-state index in [0.29, 0.717) is 11.9 Å². The molecule has 0 N–H and O–H groups in total. The number of likely N-dealkylation sites (N-methyl/N-ethyl adjacent to an activating group) is 1. The molecular formula is C16H21Cl2N3. The van der Waals surface area contributed by atoms with Crippen molar-refractivity contribution < 1.29 is 0 Å². The molecule has 3 rings (SSSR count). The fraction of sp³-hybridized carbons (Fsp3) is 0.562. The fourth-order valence-corrected chi connectivity index (χ4v) is 3.34. The Kier molecular flexibility index (Phi) is 4.43. The van der Waals surface area contributed by atoms with Crippen molar-refractivity contribution in [2.45, 2.75) is 44.8 Å². The Morgan fingerprint density at radius 1 is 1.43 bits per heavy atom. The Labute approximate surface area is 135 Å². The molecule has 0 saturated heterocycles. The highest BCUT2D eigenvalue weighted by Gasteiger charge is 2.29. The minimum atomic E-state index is 0.459. The van der Waals surface area contributed by atoms with Gasteiger partial charge in [-0.2, -0.15) is 0 Å². The topological polar surface area (TPSA) is 21.1 Å². The van der Waals surface area contributed by atoms with Crippen LogP contribution in [0.5, 0.6) is 0 Å². The summed E-state index contributed by atoms with van der Waals surface area (Å²) in [5, 5.41) is 0.766. The summed E-state index contributed by atoms with van der Waals surface area (Å²) in [5.41, 5.74) is 2.00. The molecule has 0 aliphatic heterocycles. The summed E-state index contributed by atoms with van der Waals surface area (Å²) >= 11 is 12.3. The first kappa shape index (κ1) is 15.1. The first-order valence-electron chi connectivity index (χ1n) is 7.53. The third kappa shape index (κ3) is 3.05. The third-order valence-electron chi connectivity index (χ3n) is 4.38. The Morgan fingerprint density at radius 3 is 2.86 bits per heavy atom. The van der Waals surface area contributed by atoms with Crippen molar-refractivity contribution in [3.8, 4) is 0 Å². The van der Waals surface area contributed by atoms with Crippen molar-refractivity contribution in [1.82, 2.24) is 14.5 Å². The lowest BCUT2D eigenvalue weighted by Crippen LogP contribution is -2.34. The van der Waals surface area contributed by atoms with E-state index in [1.165, 1.54) is 12.8 Å². The average molecular weight is 326 g/mol. The molecule has 1 aromatic carbocycles. The number of rotatable bonds is 6. The van der Waals surface area contributed by atoms with E-state index in [4.69, 9.17) is 28.2 Å². The molecule has 0 radical (unpaired) electrons. The number of hydrogen-bond donors (Lipinski definition) is 0. The van der Waals surface area contributed by atoms with Gasteiger partial charge in [-0.25, -0.2) is 4.98 Å². The van der Waals surface area contributed by atoms with E-state index < -0.39 is 0 Å². The highest BCUT2D eigenvalue weighted by atomic mass is 35.5. The molecule has 1 heterocycles. The Balaban J connectivity index is 1.96. The number of fused-ring (bicyclic) bond motifs is 1. The molecule has 1 atom stereocenters. The summed E-state index contributed by atoms with van der Waals surface area (Å²) in [5.74, 6) is 1.61. The second kappa shape index (κ2) is 6.15. The van der Waals surface area contributed by atoms with Gasteiger partial charge in [0.1, 0.15) is 5.82 Å². The highest BCUT2D eigenvalue weighted by Crippen LogP contribution is 2.29. The number of para-hydroxylation sites is 1. The molecule has 2 aromatic rings. The van der Waals surface area contributed by atoms with Crippen molar-refractivity contribution in [2.24, 2.45) is 0 Å². The average Bonchev–Trinajstić information content (AvgIpc) is 3.24. The predicted molar refractivity (Wildman–Crippen MR) is 89.4 cm³/mol. The Morgan fingerprint density at radius 2 is 2.19 bits per heavy atom. The minimum Gasteiger partial charge on any atom is -0.325 e. The maximum Gasteiger partial charge on any atom is 0.111 e. The SMILES string of the molecule is CC(Cn1c(CCCl)nc2cccc(Cl)c21)N(C)C1CC1. The molecule has 1 aliphatic rings. The molecule has 3 nitrogen and oxygen atoms in total. The van der Waals surface area contributed by atoms with Crippen LogP contribution in [-0.4, -0.2) is 39.5 Å². The van der Waals surface area contributed by atoms with Gasteiger partial charge >= 0.3 is 0 Å². The number of benzene rings is 1. The van der Waals surface area contributed by atoms with Crippen LogP contribution in [-0.2, 0) is 13.0 Å². The van der Waals surface area contributed by atoms with Gasteiger partial charge in [0.05, 0.1) is 16.1 Å². The van der Waals surface area contributed by atoms with Crippen molar-refractivity contribution in [3.63, 3.8) is 0 Å². The second-order valence-electron chi connectivity index (χ2n) is 5.93. The number of alkyl halides is 1. The number of imidazole rings is 1. The van der Waals surface area contributed by atoms with E-state index in [1.807, 2.05) is 18.2 Å². The van der Waals surface area contributed by atoms with Crippen LogP contribution in [0.1, 0.15) is 25.6 Å². The van der Waals surface area contributed by atoms with E-state index in [2.05, 4.69) is 23.4 Å². The molecule has 21 heavy (non-hydrogen) atoms. The number of aromatic nitrogens is 2. The lowest BCUT2D eigenvalue weighted by atomic mass is 10.2. The van der Waals surface area contributed by atoms with Crippen LogP contribution >= 0.6 is 23.2 Å². The monoisotopic (exact) mass is 325 g/mol. The summed E-state index contributed by atoms with van der Waals surface area (Å²) in [6.45, 7) is 3.17. The normalized spacial score (nSPS) is 16.8. The van der Waals surface area contributed by atoms with Crippen LogP contribution in [0.4, 0.5) is 0 Å². The molecule has 1 saturated carbocycles. The van der Waals surface area contributed by atoms with Crippen LogP contribution in [0.2, 0.25) is 5.02 Å². The van der Waals surface area contributed by atoms with E-state index >= 15 is 0 Å². The molecule has 114 valence electrons. The predicted octanol–water partition coefficient (Wildman–Crippen LogP) is 3.95. The van der Waals surface area contributed by atoms with Crippen molar-refractivity contribution in [3.05, 3.63) is 29.0 Å². The van der Waals surface area contributed by atoms with Gasteiger partial charge in [-0.1, -0.05) is 17.7 Å². The lowest BCUT2D eigenvalue weighted by Gasteiger charge is -2.26. The highest BCUT2D eigenvalue weighted by molar-refractivity contribution is 6.35. The molecule has 0 spiro atoms. The van der Waals surface area contributed by atoms with Gasteiger partial charge in [0.25, 0.3) is 0 Å². The number of nitrogens with zero attached hydrogens (tertiary/aromatic N) is 3. The van der Waals surface area contributed by atoms with Crippen molar-refractivity contribution >= 4 is 34.2 Å². The number of aryl methyl sites for hydroxylation is 1. The summed E-state index contributed by atoms with van der Waals surface area (Å²) in [7, 11) is 2.21. The molecule has 5 heteroatoms. The zero-order chi connectivity index (χ0) is 15.0. The van der Waals surface area contributed by atoms with Crippen LogP contribution in [0.3, 0.4) is 0 Å². The van der Waals surface area contributed by atoms with Gasteiger partial charge in [-0.05, 0) is 38.9 Å². The van der Waals surface area contributed by atoms with E-state index in [0.717, 1.165) is 40.9 Å². The molecule has 1 aliphatic carbocycles. The maximum absolute atomic E-state index is 6.41. The molecular weight excluding hydrogens is 305 g/mol.